The quantitative estimate of drug-likeness (QED) is 0.567. The van der Waals surface area contributed by atoms with Gasteiger partial charge in [-0.3, -0.25) is 4.79 Å². The molecule has 0 saturated heterocycles. The van der Waals surface area contributed by atoms with Crippen molar-refractivity contribution in [3.05, 3.63) is 53.1 Å². The monoisotopic (exact) mass is 461 g/mol. The number of nitrogens with zero attached hydrogens (tertiary/aromatic N) is 4. The molecule has 7 nitrogen and oxygen atoms in total. The van der Waals surface area contributed by atoms with E-state index in [9.17, 15) is 10.1 Å². The molecule has 170 valence electrons. The molecule has 33 heavy (non-hydrogen) atoms. The first-order chi connectivity index (χ1) is 15.9. The van der Waals surface area contributed by atoms with E-state index in [2.05, 4.69) is 33.7 Å². The van der Waals surface area contributed by atoms with Crippen molar-refractivity contribution in [2.75, 3.05) is 20.6 Å². The van der Waals surface area contributed by atoms with E-state index in [0.717, 1.165) is 39.5 Å². The Balaban J connectivity index is 1.59. The summed E-state index contributed by atoms with van der Waals surface area (Å²) in [7, 11) is 3.77. The fourth-order valence-corrected chi connectivity index (χ4v) is 4.98. The third-order valence-electron chi connectivity index (χ3n) is 5.43. The van der Waals surface area contributed by atoms with Gasteiger partial charge in [0, 0.05) is 11.1 Å². The maximum Gasteiger partial charge on any atom is 0.234 e. The van der Waals surface area contributed by atoms with Gasteiger partial charge in [-0.15, -0.1) is 10.2 Å². The molecule has 2 aromatic carbocycles. The van der Waals surface area contributed by atoms with Gasteiger partial charge in [-0.05, 0) is 70.1 Å². The minimum Gasteiger partial charge on any atom is -0.490 e. The van der Waals surface area contributed by atoms with Crippen LogP contribution in [0.25, 0.3) is 21.1 Å². The van der Waals surface area contributed by atoms with Crippen LogP contribution in [-0.4, -0.2) is 47.7 Å². The number of aromatic nitrogens is 2. The van der Waals surface area contributed by atoms with Crippen molar-refractivity contribution in [3.8, 4) is 33.0 Å². The number of rotatable bonds is 7. The molecular formula is C25H27N5O2S. The van der Waals surface area contributed by atoms with E-state index in [1.165, 1.54) is 16.9 Å². The Morgan fingerprint density at radius 2 is 2.06 bits per heavy atom. The van der Waals surface area contributed by atoms with Crippen LogP contribution < -0.4 is 10.1 Å². The zero-order valence-electron chi connectivity index (χ0n) is 19.3. The largest absolute Gasteiger partial charge is 0.490 e. The number of carbonyl (C=O) groups excluding carboxylic acids is 1. The van der Waals surface area contributed by atoms with Crippen molar-refractivity contribution >= 4 is 17.2 Å². The molecule has 0 bridgehead atoms. The molecular weight excluding hydrogens is 434 g/mol. The Morgan fingerprint density at radius 3 is 2.79 bits per heavy atom. The number of hydrogen-bond donors (Lipinski definition) is 1. The first-order valence-corrected chi connectivity index (χ1v) is 11.8. The number of amides is 1. The molecule has 1 heterocycles. The standard InChI is InChI=1S/C25H27N5O2S/c1-15(2)32-22-11-8-16(12-17(22)13-26)24-28-29-25(33-24)20-7-5-6-19-18(20)9-10-21(19)27-23(31)14-30(3)4/h5-8,11-12,15,21H,9-10,14H2,1-4H3,(H,27,31)/t21-/m1/s1. The lowest BCUT2D eigenvalue weighted by atomic mass is 10.0. The van der Waals surface area contributed by atoms with Gasteiger partial charge in [-0.1, -0.05) is 29.5 Å². The van der Waals surface area contributed by atoms with Gasteiger partial charge in [0.2, 0.25) is 5.91 Å². The van der Waals surface area contributed by atoms with Crippen molar-refractivity contribution < 1.29 is 9.53 Å². The number of likely N-dealkylation sites (N-methyl/N-ethyl adjacent to an activating group) is 1. The lowest BCUT2D eigenvalue weighted by Gasteiger charge is -2.16. The van der Waals surface area contributed by atoms with Gasteiger partial charge in [-0.25, -0.2) is 0 Å². The average Bonchev–Trinajstić information content (AvgIpc) is 3.41. The van der Waals surface area contributed by atoms with Crippen LogP contribution in [0.15, 0.2) is 36.4 Å². The van der Waals surface area contributed by atoms with Crippen LogP contribution in [0, 0.1) is 11.3 Å². The van der Waals surface area contributed by atoms with Crippen LogP contribution in [0.1, 0.15) is 43.0 Å². The number of ether oxygens (including phenoxy) is 1. The first kappa shape index (κ1) is 22.9. The summed E-state index contributed by atoms with van der Waals surface area (Å²) in [6, 6.07) is 13.9. The molecule has 1 N–H and O–H groups in total. The molecule has 0 aliphatic heterocycles. The summed E-state index contributed by atoms with van der Waals surface area (Å²) in [5.74, 6) is 0.601. The molecule has 1 amide bonds. The molecule has 1 atom stereocenters. The second-order valence-corrected chi connectivity index (χ2v) is 9.65. The van der Waals surface area contributed by atoms with Gasteiger partial charge in [0.1, 0.15) is 21.8 Å². The number of fused-ring (bicyclic) bond motifs is 1. The van der Waals surface area contributed by atoms with Crippen molar-refractivity contribution in [2.45, 2.75) is 38.8 Å². The van der Waals surface area contributed by atoms with Crippen molar-refractivity contribution in [1.29, 1.82) is 5.26 Å². The van der Waals surface area contributed by atoms with Gasteiger partial charge in [-0.2, -0.15) is 5.26 Å². The van der Waals surface area contributed by atoms with Crippen LogP contribution in [0.3, 0.4) is 0 Å². The minimum atomic E-state index is -0.00671. The van der Waals surface area contributed by atoms with E-state index in [1.54, 1.807) is 6.07 Å². The molecule has 1 aliphatic carbocycles. The second kappa shape index (κ2) is 9.69. The molecule has 1 aliphatic rings. The molecule has 8 heteroatoms. The fourth-order valence-electron chi connectivity index (χ4n) is 4.09. The molecule has 3 aromatic rings. The molecule has 4 rings (SSSR count). The summed E-state index contributed by atoms with van der Waals surface area (Å²) in [5.41, 5.74) is 4.75. The van der Waals surface area contributed by atoms with E-state index in [0.29, 0.717) is 17.9 Å². The van der Waals surface area contributed by atoms with Crippen LogP contribution in [-0.2, 0) is 11.2 Å². The SMILES string of the molecule is CC(C)Oc1ccc(-c2nnc(-c3cccc4c3CC[C@H]4NC(=O)CN(C)C)s2)cc1C#N. The number of nitrogens with one attached hydrogen (secondary N) is 1. The van der Waals surface area contributed by atoms with E-state index in [-0.39, 0.29) is 18.1 Å². The lowest BCUT2D eigenvalue weighted by Crippen LogP contribution is -2.35. The van der Waals surface area contributed by atoms with Gasteiger partial charge in [0.25, 0.3) is 0 Å². The van der Waals surface area contributed by atoms with Crippen molar-refractivity contribution in [3.63, 3.8) is 0 Å². The Bertz CT molecular complexity index is 1210. The lowest BCUT2D eigenvalue weighted by molar-refractivity contribution is -0.122. The van der Waals surface area contributed by atoms with Gasteiger partial charge >= 0.3 is 0 Å². The normalized spacial score (nSPS) is 14.9. The molecule has 0 spiro atoms. The second-order valence-electron chi connectivity index (χ2n) is 8.67. The van der Waals surface area contributed by atoms with E-state index in [4.69, 9.17) is 4.74 Å². The van der Waals surface area contributed by atoms with Crippen molar-refractivity contribution in [2.24, 2.45) is 0 Å². The highest BCUT2D eigenvalue weighted by molar-refractivity contribution is 7.17. The molecule has 0 radical (unpaired) electrons. The average molecular weight is 462 g/mol. The molecule has 1 aromatic heterocycles. The molecule has 0 saturated carbocycles. The summed E-state index contributed by atoms with van der Waals surface area (Å²) in [6.07, 6.45) is 1.75. The fraction of sp³-hybridized carbons (Fsp3) is 0.360. The number of benzene rings is 2. The Morgan fingerprint density at radius 1 is 1.27 bits per heavy atom. The summed E-state index contributed by atoms with van der Waals surface area (Å²) < 4.78 is 5.72. The minimum absolute atomic E-state index is 0.00671. The number of hydrogen-bond acceptors (Lipinski definition) is 7. The highest BCUT2D eigenvalue weighted by atomic mass is 32.1. The topological polar surface area (TPSA) is 91.1 Å². The number of nitriles is 1. The van der Waals surface area contributed by atoms with Gasteiger partial charge in [0.15, 0.2) is 0 Å². The summed E-state index contributed by atoms with van der Waals surface area (Å²) in [4.78, 5) is 14.1. The third kappa shape index (κ3) is 5.05. The summed E-state index contributed by atoms with van der Waals surface area (Å²) in [6.45, 7) is 4.24. The predicted octanol–water partition coefficient (Wildman–Crippen LogP) is 4.20. The van der Waals surface area contributed by atoms with Crippen LogP contribution in [0.2, 0.25) is 0 Å². The molecule has 0 unspecified atom stereocenters. The zero-order valence-corrected chi connectivity index (χ0v) is 20.1. The highest BCUT2D eigenvalue weighted by Gasteiger charge is 2.27. The summed E-state index contributed by atoms with van der Waals surface area (Å²) >= 11 is 1.50. The van der Waals surface area contributed by atoms with Gasteiger partial charge in [0.05, 0.1) is 24.3 Å². The summed E-state index contributed by atoms with van der Waals surface area (Å²) in [5, 5.41) is 23.1. The van der Waals surface area contributed by atoms with Crippen LogP contribution >= 0.6 is 11.3 Å². The smallest absolute Gasteiger partial charge is 0.234 e. The van der Waals surface area contributed by atoms with E-state index in [1.807, 2.05) is 51.0 Å². The Labute approximate surface area is 198 Å². The predicted molar refractivity (Wildman–Crippen MR) is 129 cm³/mol. The van der Waals surface area contributed by atoms with Crippen LogP contribution in [0.4, 0.5) is 0 Å². The molecule has 0 fully saturated rings. The van der Waals surface area contributed by atoms with Gasteiger partial charge < -0.3 is 15.0 Å². The number of carbonyl (C=O) groups is 1. The highest BCUT2D eigenvalue weighted by Crippen LogP contribution is 2.40. The zero-order chi connectivity index (χ0) is 23.5. The van der Waals surface area contributed by atoms with E-state index >= 15 is 0 Å². The maximum atomic E-state index is 12.3. The van der Waals surface area contributed by atoms with E-state index < -0.39 is 0 Å². The van der Waals surface area contributed by atoms with Crippen molar-refractivity contribution in [1.82, 2.24) is 20.4 Å². The third-order valence-corrected chi connectivity index (χ3v) is 6.44. The Kier molecular flexibility index (Phi) is 6.72. The first-order valence-electron chi connectivity index (χ1n) is 11.0. The maximum absolute atomic E-state index is 12.3. The van der Waals surface area contributed by atoms with Crippen LogP contribution in [0.5, 0.6) is 5.75 Å². The Hall–Kier alpha value is -3.28.